The molecule has 0 aliphatic carbocycles. The van der Waals surface area contributed by atoms with Gasteiger partial charge in [-0.3, -0.25) is 10.1 Å². The Kier molecular flexibility index (Phi) is 8.12. The number of thioether (sulfide) groups is 1. The van der Waals surface area contributed by atoms with Gasteiger partial charge < -0.3 is 14.6 Å². The van der Waals surface area contributed by atoms with Crippen molar-refractivity contribution in [2.24, 2.45) is 0 Å². The average molecular weight is 391 g/mol. The van der Waals surface area contributed by atoms with Crippen LogP contribution in [0.3, 0.4) is 0 Å². The first kappa shape index (κ1) is 20.8. The molecule has 0 fully saturated rings. The van der Waals surface area contributed by atoms with Gasteiger partial charge in [0.25, 0.3) is 0 Å². The highest BCUT2D eigenvalue weighted by Gasteiger charge is 2.15. The van der Waals surface area contributed by atoms with Gasteiger partial charge >= 0.3 is 6.03 Å². The summed E-state index contributed by atoms with van der Waals surface area (Å²) in [6.07, 6.45) is 1.86. The molecule has 27 heavy (non-hydrogen) atoms. The number of benzene rings is 1. The molecule has 1 heterocycles. The van der Waals surface area contributed by atoms with Gasteiger partial charge in [0.2, 0.25) is 5.91 Å². The summed E-state index contributed by atoms with van der Waals surface area (Å²) in [7, 11) is 1.62. The lowest BCUT2D eigenvalue weighted by atomic mass is 10.2. The second-order valence-corrected chi connectivity index (χ2v) is 6.67. The van der Waals surface area contributed by atoms with Crippen LogP contribution in [-0.2, 0) is 11.3 Å². The summed E-state index contributed by atoms with van der Waals surface area (Å²) in [5.41, 5.74) is 0.914. The zero-order valence-electron chi connectivity index (χ0n) is 15.8. The molecule has 1 aromatic carbocycles. The van der Waals surface area contributed by atoms with Crippen LogP contribution in [0, 0.1) is 0 Å². The molecule has 0 saturated heterocycles. The maximum atomic E-state index is 11.9. The third kappa shape index (κ3) is 5.99. The number of ether oxygens (including phenoxy) is 1. The van der Waals surface area contributed by atoms with Crippen LogP contribution < -0.4 is 15.4 Å². The zero-order valence-corrected chi connectivity index (χ0v) is 16.6. The summed E-state index contributed by atoms with van der Waals surface area (Å²) in [6, 6.07) is 7.08. The smallest absolute Gasteiger partial charge is 0.321 e. The number of carbonyl (C=O) groups is 2. The van der Waals surface area contributed by atoms with Crippen LogP contribution in [0.4, 0.5) is 4.79 Å². The van der Waals surface area contributed by atoms with Crippen molar-refractivity contribution < 1.29 is 14.3 Å². The van der Waals surface area contributed by atoms with Crippen molar-refractivity contribution >= 4 is 23.7 Å². The summed E-state index contributed by atoms with van der Waals surface area (Å²) in [5, 5.41) is 14.0. The van der Waals surface area contributed by atoms with E-state index in [9.17, 15) is 9.59 Å². The van der Waals surface area contributed by atoms with Crippen LogP contribution in [-0.4, -0.2) is 46.1 Å². The molecule has 0 spiro atoms. The minimum Gasteiger partial charge on any atom is -0.497 e. The first-order valence-corrected chi connectivity index (χ1v) is 9.85. The molecular formula is C18H25N5O3S. The molecule has 8 nitrogen and oxygen atoms in total. The lowest BCUT2D eigenvalue weighted by Crippen LogP contribution is -2.40. The van der Waals surface area contributed by atoms with Gasteiger partial charge in [-0.25, -0.2) is 4.79 Å². The summed E-state index contributed by atoms with van der Waals surface area (Å²) in [6.45, 7) is 5.24. The minimum atomic E-state index is -0.468. The molecule has 0 bridgehead atoms. The number of urea groups is 1. The van der Waals surface area contributed by atoms with Crippen molar-refractivity contribution in [3.05, 3.63) is 24.3 Å². The Morgan fingerprint density at radius 3 is 2.56 bits per heavy atom. The van der Waals surface area contributed by atoms with Crippen molar-refractivity contribution in [2.75, 3.05) is 19.4 Å². The van der Waals surface area contributed by atoms with E-state index in [2.05, 4.69) is 20.8 Å². The Labute approximate surface area is 163 Å². The van der Waals surface area contributed by atoms with E-state index in [1.54, 1.807) is 7.11 Å². The van der Waals surface area contributed by atoms with Crippen LogP contribution in [0.25, 0.3) is 11.4 Å². The standard InChI is InChI=1S/C18H25N5O3S/c1-4-6-11-19-17(25)20-15(24)12-27-18-22-21-16(23(18)5-2)13-7-9-14(26-3)10-8-13/h7-10H,4-6,11-12H2,1-3H3,(H2,19,20,24,25). The van der Waals surface area contributed by atoms with E-state index in [-0.39, 0.29) is 11.7 Å². The highest BCUT2D eigenvalue weighted by molar-refractivity contribution is 7.99. The van der Waals surface area contributed by atoms with Gasteiger partial charge in [0.1, 0.15) is 5.75 Å². The summed E-state index contributed by atoms with van der Waals surface area (Å²) in [4.78, 5) is 23.6. The molecule has 0 aliphatic rings. The van der Waals surface area contributed by atoms with Gasteiger partial charge in [0.15, 0.2) is 11.0 Å². The number of methoxy groups -OCH3 is 1. The summed E-state index contributed by atoms with van der Waals surface area (Å²) in [5.74, 6) is 1.21. The fourth-order valence-corrected chi connectivity index (χ4v) is 3.15. The molecule has 1 aromatic heterocycles. The second-order valence-electron chi connectivity index (χ2n) is 5.73. The second kappa shape index (κ2) is 10.6. The van der Waals surface area contributed by atoms with Gasteiger partial charge in [-0.2, -0.15) is 0 Å². The number of hydrogen-bond donors (Lipinski definition) is 2. The molecule has 3 amide bonds. The Balaban J connectivity index is 1.96. The number of hydrogen-bond acceptors (Lipinski definition) is 6. The van der Waals surface area contributed by atoms with Crippen molar-refractivity contribution in [1.29, 1.82) is 0 Å². The van der Waals surface area contributed by atoms with Crippen molar-refractivity contribution in [3.8, 4) is 17.1 Å². The Hall–Kier alpha value is -2.55. The van der Waals surface area contributed by atoms with E-state index in [0.29, 0.717) is 18.2 Å². The van der Waals surface area contributed by atoms with E-state index in [0.717, 1.165) is 30.0 Å². The van der Waals surface area contributed by atoms with Crippen molar-refractivity contribution in [2.45, 2.75) is 38.4 Å². The molecule has 0 unspecified atom stereocenters. The maximum Gasteiger partial charge on any atom is 0.321 e. The molecule has 0 saturated carbocycles. The lowest BCUT2D eigenvalue weighted by Gasteiger charge is -2.08. The van der Waals surface area contributed by atoms with E-state index in [1.807, 2.05) is 42.7 Å². The van der Waals surface area contributed by atoms with E-state index >= 15 is 0 Å². The number of unbranched alkanes of at least 4 members (excludes halogenated alkanes) is 1. The monoisotopic (exact) mass is 391 g/mol. The van der Waals surface area contributed by atoms with Crippen LogP contribution in [0.2, 0.25) is 0 Å². The molecule has 2 rings (SSSR count). The highest BCUT2D eigenvalue weighted by atomic mass is 32.2. The predicted molar refractivity (Wildman–Crippen MR) is 105 cm³/mol. The number of imide groups is 1. The molecule has 0 aliphatic heterocycles. The Bertz CT molecular complexity index is 761. The third-order valence-corrected chi connectivity index (χ3v) is 4.75. The van der Waals surface area contributed by atoms with Gasteiger partial charge in [-0.1, -0.05) is 25.1 Å². The topological polar surface area (TPSA) is 98.1 Å². The number of nitrogens with zero attached hydrogens (tertiary/aromatic N) is 3. The first-order valence-electron chi connectivity index (χ1n) is 8.87. The zero-order chi connectivity index (χ0) is 19.6. The Morgan fingerprint density at radius 1 is 1.19 bits per heavy atom. The fraction of sp³-hybridized carbons (Fsp3) is 0.444. The molecule has 146 valence electrons. The average Bonchev–Trinajstić information content (AvgIpc) is 3.09. The molecule has 0 atom stereocenters. The third-order valence-electron chi connectivity index (χ3n) is 3.78. The van der Waals surface area contributed by atoms with Gasteiger partial charge in [0, 0.05) is 18.7 Å². The number of nitrogens with one attached hydrogen (secondary N) is 2. The number of amides is 3. The molecular weight excluding hydrogens is 366 g/mol. The Morgan fingerprint density at radius 2 is 1.93 bits per heavy atom. The van der Waals surface area contributed by atoms with Gasteiger partial charge in [0.05, 0.1) is 12.9 Å². The van der Waals surface area contributed by atoms with Crippen LogP contribution in [0.15, 0.2) is 29.4 Å². The normalized spacial score (nSPS) is 10.5. The van der Waals surface area contributed by atoms with Crippen LogP contribution in [0.5, 0.6) is 5.75 Å². The van der Waals surface area contributed by atoms with Crippen molar-refractivity contribution in [1.82, 2.24) is 25.4 Å². The SMILES string of the molecule is CCCCNC(=O)NC(=O)CSc1nnc(-c2ccc(OC)cc2)n1CC. The minimum absolute atomic E-state index is 0.0853. The maximum absolute atomic E-state index is 11.9. The first-order chi connectivity index (χ1) is 13.1. The number of rotatable bonds is 9. The number of carbonyl (C=O) groups excluding carboxylic acids is 2. The van der Waals surface area contributed by atoms with Crippen molar-refractivity contribution in [3.63, 3.8) is 0 Å². The van der Waals surface area contributed by atoms with Crippen LogP contribution >= 0.6 is 11.8 Å². The fourth-order valence-electron chi connectivity index (χ4n) is 2.35. The number of aromatic nitrogens is 3. The van der Waals surface area contributed by atoms with E-state index in [4.69, 9.17) is 4.74 Å². The highest BCUT2D eigenvalue weighted by Crippen LogP contribution is 2.25. The quantitative estimate of drug-likeness (QED) is 0.504. The largest absolute Gasteiger partial charge is 0.497 e. The van der Waals surface area contributed by atoms with Crippen LogP contribution in [0.1, 0.15) is 26.7 Å². The lowest BCUT2D eigenvalue weighted by molar-refractivity contribution is -0.117. The van der Waals surface area contributed by atoms with Gasteiger partial charge in [-0.05, 0) is 37.6 Å². The van der Waals surface area contributed by atoms with E-state index in [1.165, 1.54) is 11.8 Å². The van der Waals surface area contributed by atoms with E-state index < -0.39 is 6.03 Å². The molecule has 0 radical (unpaired) electrons. The molecule has 9 heteroatoms. The molecule has 2 aromatic rings. The molecule has 2 N–H and O–H groups in total. The summed E-state index contributed by atoms with van der Waals surface area (Å²) >= 11 is 1.25. The van der Waals surface area contributed by atoms with Gasteiger partial charge in [-0.15, -0.1) is 10.2 Å². The predicted octanol–water partition coefficient (Wildman–Crippen LogP) is 2.69. The summed E-state index contributed by atoms with van der Waals surface area (Å²) < 4.78 is 7.10.